The molecule has 4 heteroatoms. The van der Waals surface area contributed by atoms with Crippen molar-refractivity contribution in [3.05, 3.63) is 69.7 Å². The minimum Gasteiger partial charge on any atom is -0.306 e. The van der Waals surface area contributed by atoms with Gasteiger partial charge < -0.3 is 5.32 Å². The normalized spacial score (nSPS) is 12.4. The lowest BCUT2D eigenvalue weighted by atomic mass is 10.1. The van der Waals surface area contributed by atoms with Crippen molar-refractivity contribution in [2.75, 3.05) is 0 Å². The van der Waals surface area contributed by atoms with E-state index in [-0.39, 0.29) is 22.6 Å². The lowest BCUT2D eigenvalue weighted by molar-refractivity contribution is 0.506. The van der Waals surface area contributed by atoms with E-state index in [0.717, 1.165) is 5.56 Å². The largest absolute Gasteiger partial charge is 0.306 e. The van der Waals surface area contributed by atoms with Crippen molar-refractivity contribution in [2.45, 2.75) is 19.5 Å². The molecule has 1 nitrogen and oxygen atoms in total. The Kier molecular flexibility index (Phi) is 4.66. The third-order valence-electron chi connectivity index (χ3n) is 3.02. The molecule has 0 aliphatic carbocycles. The second kappa shape index (κ2) is 6.26. The zero-order chi connectivity index (χ0) is 13.8. The van der Waals surface area contributed by atoms with E-state index in [4.69, 9.17) is 0 Å². The Balaban J connectivity index is 2.09. The van der Waals surface area contributed by atoms with Gasteiger partial charge in [-0.3, -0.25) is 0 Å². The molecular formula is C15H14BrF2N. The van der Waals surface area contributed by atoms with Crippen LogP contribution in [0.15, 0.2) is 46.9 Å². The van der Waals surface area contributed by atoms with E-state index in [9.17, 15) is 8.78 Å². The number of halogens is 3. The van der Waals surface area contributed by atoms with Gasteiger partial charge in [0.15, 0.2) is 0 Å². The van der Waals surface area contributed by atoms with Crippen molar-refractivity contribution in [2.24, 2.45) is 0 Å². The van der Waals surface area contributed by atoms with Crippen LogP contribution in [-0.2, 0) is 6.54 Å². The van der Waals surface area contributed by atoms with E-state index in [0.29, 0.717) is 0 Å². The molecule has 0 aromatic heterocycles. The van der Waals surface area contributed by atoms with Crippen LogP contribution in [0.4, 0.5) is 8.78 Å². The summed E-state index contributed by atoms with van der Waals surface area (Å²) in [5.74, 6) is -1.08. The highest BCUT2D eigenvalue weighted by Crippen LogP contribution is 2.22. The van der Waals surface area contributed by atoms with Crippen LogP contribution in [0.25, 0.3) is 0 Å². The van der Waals surface area contributed by atoms with Gasteiger partial charge in [-0.1, -0.05) is 30.3 Å². The summed E-state index contributed by atoms with van der Waals surface area (Å²) in [6.45, 7) is 2.11. The second-order valence-corrected chi connectivity index (χ2v) is 5.19. The maximum absolute atomic E-state index is 13.8. The molecule has 0 saturated heterocycles. The molecule has 1 N–H and O–H groups in total. The molecule has 0 fully saturated rings. The summed E-state index contributed by atoms with van der Waals surface area (Å²) < 4.78 is 27.6. The minimum absolute atomic E-state index is 0.0268. The van der Waals surface area contributed by atoms with Crippen LogP contribution in [0.1, 0.15) is 24.1 Å². The number of rotatable bonds is 4. The van der Waals surface area contributed by atoms with Crippen molar-refractivity contribution in [1.82, 2.24) is 5.32 Å². The van der Waals surface area contributed by atoms with E-state index < -0.39 is 11.6 Å². The van der Waals surface area contributed by atoms with Gasteiger partial charge in [0, 0.05) is 18.2 Å². The molecule has 2 aromatic rings. The van der Waals surface area contributed by atoms with Crippen LogP contribution in [0, 0.1) is 11.6 Å². The highest BCUT2D eigenvalue weighted by atomic mass is 79.9. The van der Waals surface area contributed by atoms with Crippen molar-refractivity contribution in [1.29, 1.82) is 0 Å². The van der Waals surface area contributed by atoms with E-state index in [1.807, 2.05) is 37.3 Å². The minimum atomic E-state index is -0.548. The van der Waals surface area contributed by atoms with Gasteiger partial charge in [0.25, 0.3) is 0 Å². The Labute approximate surface area is 119 Å². The van der Waals surface area contributed by atoms with Crippen LogP contribution >= 0.6 is 15.9 Å². The molecule has 100 valence electrons. The zero-order valence-electron chi connectivity index (χ0n) is 10.5. The van der Waals surface area contributed by atoms with Gasteiger partial charge in [-0.2, -0.15) is 0 Å². The first-order valence-corrected chi connectivity index (χ1v) is 6.79. The average molecular weight is 326 g/mol. The summed E-state index contributed by atoms with van der Waals surface area (Å²) in [5, 5.41) is 3.12. The molecule has 0 aliphatic heterocycles. The first-order valence-electron chi connectivity index (χ1n) is 6.00. The fourth-order valence-electron chi connectivity index (χ4n) is 1.85. The summed E-state index contributed by atoms with van der Waals surface area (Å²) >= 11 is 3.06. The quantitative estimate of drug-likeness (QED) is 0.811. The maximum atomic E-state index is 13.8. The molecule has 0 radical (unpaired) electrons. The molecule has 0 unspecified atom stereocenters. The lowest BCUT2D eigenvalue weighted by Crippen LogP contribution is -2.19. The van der Waals surface area contributed by atoms with Crippen LogP contribution in [0.2, 0.25) is 0 Å². The fourth-order valence-corrected chi connectivity index (χ4v) is 2.22. The smallest absolute Gasteiger partial charge is 0.144 e. The molecule has 1 atom stereocenters. The van der Waals surface area contributed by atoms with Gasteiger partial charge in [-0.25, -0.2) is 8.78 Å². The summed E-state index contributed by atoms with van der Waals surface area (Å²) in [6, 6.07) is 12.4. The van der Waals surface area contributed by atoms with Gasteiger partial charge in [0.1, 0.15) is 11.6 Å². The average Bonchev–Trinajstić information content (AvgIpc) is 2.44. The Hall–Kier alpha value is -1.26. The molecule has 0 saturated carbocycles. The van der Waals surface area contributed by atoms with Gasteiger partial charge in [0.05, 0.1) is 4.47 Å². The van der Waals surface area contributed by atoms with Crippen LogP contribution in [0.3, 0.4) is 0 Å². The zero-order valence-corrected chi connectivity index (χ0v) is 12.0. The van der Waals surface area contributed by atoms with Crippen LogP contribution < -0.4 is 5.32 Å². The number of benzene rings is 2. The van der Waals surface area contributed by atoms with E-state index in [1.165, 1.54) is 12.1 Å². The summed E-state index contributed by atoms with van der Waals surface area (Å²) in [6.07, 6.45) is 0. The third-order valence-corrected chi connectivity index (χ3v) is 3.64. The summed E-state index contributed by atoms with van der Waals surface area (Å²) in [5.41, 5.74) is 1.13. The fraction of sp³-hybridized carbons (Fsp3) is 0.200. The monoisotopic (exact) mass is 325 g/mol. The lowest BCUT2D eigenvalue weighted by Gasteiger charge is -2.15. The molecule has 0 aliphatic rings. The highest BCUT2D eigenvalue weighted by Gasteiger charge is 2.13. The van der Waals surface area contributed by atoms with Gasteiger partial charge >= 0.3 is 0 Å². The first-order chi connectivity index (χ1) is 9.09. The Morgan fingerprint density at radius 1 is 1.11 bits per heavy atom. The van der Waals surface area contributed by atoms with Crippen molar-refractivity contribution in [3.8, 4) is 0 Å². The highest BCUT2D eigenvalue weighted by molar-refractivity contribution is 9.10. The number of hydrogen-bond donors (Lipinski definition) is 1. The molecule has 2 rings (SSSR count). The van der Waals surface area contributed by atoms with E-state index in [1.54, 1.807) is 0 Å². The van der Waals surface area contributed by atoms with E-state index >= 15 is 0 Å². The standard InChI is InChI=1S/C15H14BrF2N/c1-10(11-5-3-2-4-6-11)19-9-12-14(17)8-7-13(16)15(12)18/h2-8,10,19H,9H2,1H3/t10-/m0/s1. The van der Waals surface area contributed by atoms with Crippen LogP contribution in [0.5, 0.6) is 0 Å². The second-order valence-electron chi connectivity index (χ2n) is 4.34. The number of nitrogens with one attached hydrogen (secondary N) is 1. The van der Waals surface area contributed by atoms with Crippen molar-refractivity contribution >= 4 is 15.9 Å². The Bertz CT molecular complexity index is 558. The van der Waals surface area contributed by atoms with Gasteiger partial charge in [0.2, 0.25) is 0 Å². The van der Waals surface area contributed by atoms with Gasteiger partial charge in [-0.05, 0) is 40.5 Å². The topological polar surface area (TPSA) is 12.0 Å². The SMILES string of the molecule is C[C@H](NCc1c(F)ccc(Br)c1F)c1ccccc1. The van der Waals surface area contributed by atoms with Crippen molar-refractivity contribution < 1.29 is 8.78 Å². The van der Waals surface area contributed by atoms with E-state index in [2.05, 4.69) is 21.2 Å². The molecule has 0 bridgehead atoms. The molecule has 2 aromatic carbocycles. The first kappa shape index (κ1) is 14.2. The summed E-state index contributed by atoms with van der Waals surface area (Å²) in [7, 11) is 0. The predicted molar refractivity (Wildman–Crippen MR) is 75.8 cm³/mol. The molecule has 19 heavy (non-hydrogen) atoms. The number of hydrogen-bond acceptors (Lipinski definition) is 1. The summed E-state index contributed by atoms with van der Waals surface area (Å²) in [4.78, 5) is 0. The Morgan fingerprint density at radius 3 is 2.47 bits per heavy atom. The van der Waals surface area contributed by atoms with Crippen LogP contribution in [-0.4, -0.2) is 0 Å². The molecule has 0 spiro atoms. The maximum Gasteiger partial charge on any atom is 0.144 e. The van der Waals surface area contributed by atoms with Gasteiger partial charge in [-0.15, -0.1) is 0 Å². The van der Waals surface area contributed by atoms with Crippen molar-refractivity contribution in [3.63, 3.8) is 0 Å². The molecule has 0 heterocycles. The third kappa shape index (κ3) is 3.39. The molecular weight excluding hydrogens is 312 g/mol. The predicted octanol–water partition coefficient (Wildman–Crippen LogP) is 4.58. The molecule has 0 amide bonds. The Morgan fingerprint density at radius 2 is 1.79 bits per heavy atom.